The van der Waals surface area contributed by atoms with Gasteiger partial charge in [0.15, 0.2) is 0 Å². The Balaban J connectivity index is 2.02. The molecule has 1 amide bonds. The number of halogens is 2. The molecule has 19 heavy (non-hydrogen) atoms. The minimum absolute atomic E-state index is 0.0202. The topological polar surface area (TPSA) is 78.9 Å². The van der Waals surface area contributed by atoms with Crippen LogP contribution >= 0.6 is 43.2 Å². The van der Waals surface area contributed by atoms with Crippen LogP contribution < -0.4 is 5.73 Å². The molecule has 0 saturated carbocycles. The first-order chi connectivity index (χ1) is 9.02. The summed E-state index contributed by atoms with van der Waals surface area (Å²) in [7, 11) is 0. The lowest BCUT2D eigenvalue weighted by molar-refractivity contribution is 0.0708. The van der Waals surface area contributed by atoms with Gasteiger partial charge in [-0.1, -0.05) is 5.16 Å². The number of nitrogens with two attached hydrogens (primary N) is 1. The summed E-state index contributed by atoms with van der Waals surface area (Å²) >= 11 is 8.25. The average molecular weight is 411 g/mol. The Hall–Kier alpha value is -0.600. The fourth-order valence-corrected chi connectivity index (χ4v) is 4.89. The number of rotatable bonds is 2. The molecule has 1 aliphatic rings. The third-order valence-electron chi connectivity index (χ3n) is 3.20. The van der Waals surface area contributed by atoms with Gasteiger partial charge in [0.25, 0.3) is 5.91 Å². The van der Waals surface area contributed by atoms with Gasteiger partial charge in [-0.2, -0.15) is 0 Å². The summed E-state index contributed by atoms with van der Waals surface area (Å²) in [6.45, 7) is 1.25. The van der Waals surface area contributed by atoms with Gasteiger partial charge < -0.3 is 15.8 Å². The van der Waals surface area contributed by atoms with Gasteiger partial charge in [-0.3, -0.25) is 4.79 Å². The molecule has 0 aliphatic carbocycles. The van der Waals surface area contributed by atoms with Crippen molar-refractivity contribution in [2.45, 2.75) is 12.8 Å². The summed E-state index contributed by atoms with van der Waals surface area (Å²) in [5.41, 5.74) is 6.27. The van der Waals surface area contributed by atoms with Crippen molar-refractivity contribution in [3.63, 3.8) is 0 Å². The molecule has 0 spiro atoms. The first kappa shape index (κ1) is 14.8. The molecule has 1 aliphatic heterocycles. The number of carbonyl (C=O) groups excluding carboxylic acids is 1. The summed E-state index contributed by atoms with van der Waals surface area (Å²) < 4.78 is 1.76. The first-order valence-electron chi connectivity index (χ1n) is 5.74. The van der Waals surface area contributed by atoms with Crippen LogP contribution in [0, 0.1) is 5.92 Å². The second-order valence-electron chi connectivity index (χ2n) is 4.33. The summed E-state index contributed by atoms with van der Waals surface area (Å²) in [4.78, 5) is 14.2. The molecule has 0 unspecified atom stereocenters. The van der Waals surface area contributed by atoms with Gasteiger partial charge in [0.1, 0.15) is 5.84 Å². The second-order valence-corrected chi connectivity index (χ2v) is 8.08. The second kappa shape index (κ2) is 6.23. The maximum atomic E-state index is 12.4. The van der Waals surface area contributed by atoms with Crippen molar-refractivity contribution in [1.29, 1.82) is 0 Å². The lowest BCUT2D eigenvalue weighted by Gasteiger charge is -2.31. The molecule has 0 bridgehead atoms. The van der Waals surface area contributed by atoms with E-state index in [1.54, 1.807) is 4.90 Å². The van der Waals surface area contributed by atoms with Gasteiger partial charge >= 0.3 is 0 Å². The van der Waals surface area contributed by atoms with E-state index in [1.807, 2.05) is 6.07 Å². The van der Waals surface area contributed by atoms with E-state index in [2.05, 4.69) is 37.0 Å². The number of hydrogen-bond donors (Lipinski definition) is 2. The summed E-state index contributed by atoms with van der Waals surface area (Å²) in [5.74, 6) is 0.338. The molecule has 2 rings (SSSR count). The number of thiophene rings is 1. The molecule has 5 nitrogen and oxygen atoms in total. The van der Waals surface area contributed by atoms with E-state index in [0.29, 0.717) is 18.7 Å². The number of amides is 1. The SMILES string of the molecule is N/C(=N/O)C1CCN(C(=O)c2cc(Br)sc2Br)CC1. The maximum absolute atomic E-state index is 12.4. The van der Waals surface area contributed by atoms with Crippen LogP contribution in [-0.2, 0) is 0 Å². The molecule has 3 N–H and O–H groups in total. The van der Waals surface area contributed by atoms with Gasteiger partial charge in [0.05, 0.1) is 13.1 Å². The fraction of sp³-hybridized carbons (Fsp3) is 0.455. The lowest BCUT2D eigenvalue weighted by atomic mass is 9.95. The van der Waals surface area contributed by atoms with Crippen molar-refractivity contribution >= 4 is 54.9 Å². The van der Waals surface area contributed by atoms with Gasteiger partial charge in [0, 0.05) is 19.0 Å². The highest BCUT2D eigenvalue weighted by molar-refractivity contribution is 9.12. The Morgan fingerprint density at radius 2 is 2.11 bits per heavy atom. The molecule has 1 saturated heterocycles. The molecule has 0 atom stereocenters. The van der Waals surface area contributed by atoms with Crippen molar-refractivity contribution in [2.75, 3.05) is 13.1 Å². The van der Waals surface area contributed by atoms with Gasteiger partial charge in [-0.15, -0.1) is 11.3 Å². The van der Waals surface area contributed by atoms with Crippen LogP contribution in [-0.4, -0.2) is 34.9 Å². The zero-order valence-corrected chi connectivity index (χ0v) is 14.0. The highest BCUT2D eigenvalue weighted by Crippen LogP contribution is 2.33. The number of nitrogens with zero attached hydrogens (tertiary/aromatic N) is 2. The number of piperidine rings is 1. The highest BCUT2D eigenvalue weighted by Gasteiger charge is 2.27. The lowest BCUT2D eigenvalue weighted by Crippen LogP contribution is -2.41. The zero-order chi connectivity index (χ0) is 14.0. The zero-order valence-electron chi connectivity index (χ0n) is 9.97. The molecular weight excluding hydrogens is 398 g/mol. The molecule has 0 aromatic carbocycles. The minimum atomic E-state index is 0.0202. The predicted octanol–water partition coefficient (Wildman–Crippen LogP) is 2.87. The normalized spacial score (nSPS) is 17.8. The smallest absolute Gasteiger partial charge is 0.255 e. The molecule has 1 aromatic rings. The standard InChI is InChI=1S/C11H13Br2N3O2S/c12-8-5-7(9(13)19-8)11(17)16-3-1-6(2-4-16)10(14)15-18/h5-6,18H,1-4H2,(H2,14,15). The van der Waals surface area contributed by atoms with E-state index in [4.69, 9.17) is 10.9 Å². The Kier molecular flexibility index (Phi) is 4.86. The van der Waals surface area contributed by atoms with E-state index < -0.39 is 0 Å². The number of hydrogen-bond acceptors (Lipinski definition) is 4. The Labute approximate surface area is 131 Å². The Morgan fingerprint density at radius 3 is 2.58 bits per heavy atom. The van der Waals surface area contributed by atoms with Crippen molar-refractivity contribution < 1.29 is 10.0 Å². The predicted molar refractivity (Wildman–Crippen MR) is 81.8 cm³/mol. The third-order valence-corrected chi connectivity index (χ3v) is 5.54. The van der Waals surface area contributed by atoms with Crippen LogP contribution in [0.15, 0.2) is 18.8 Å². The molecule has 2 heterocycles. The monoisotopic (exact) mass is 409 g/mol. The van der Waals surface area contributed by atoms with E-state index in [0.717, 1.165) is 20.4 Å². The van der Waals surface area contributed by atoms with Gasteiger partial charge in [-0.25, -0.2) is 0 Å². The minimum Gasteiger partial charge on any atom is -0.409 e. The molecule has 0 radical (unpaired) electrons. The summed E-state index contributed by atoms with van der Waals surface area (Å²) in [6.07, 6.45) is 1.45. The quantitative estimate of drug-likeness (QED) is 0.340. The van der Waals surface area contributed by atoms with Crippen LogP contribution in [0.3, 0.4) is 0 Å². The Bertz CT molecular complexity index is 510. The maximum Gasteiger partial charge on any atom is 0.255 e. The average Bonchev–Trinajstić information content (AvgIpc) is 2.76. The first-order valence-corrected chi connectivity index (χ1v) is 8.14. The number of oxime groups is 1. The van der Waals surface area contributed by atoms with Crippen LogP contribution in [0.1, 0.15) is 23.2 Å². The van der Waals surface area contributed by atoms with Crippen LogP contribution in [0.2, 0.25) is 0 Å². The van der Waals surface area contributed by atoms with E-state index in [-0.39, 0.29) is 17.7 Å². The molecule has 104 valence electrons. The van der Waals surface area contributed by atoms with Crippen molar-refractivity contribution in [3.8, 4) is 0 Å². The van der Waals surface area contributed by atoms with E-state index in [9.17, 15) is 4.79 Å². The van der Waals surface area contributed by atoms with Crippen LogP contribution in [0.25, 0.3) is 0 Å². The third kappa shape index (κ3) is 3.29. The van der Waals surface area contributed by atoms with Crippen molar-refractivity contribution in [2.24, 2.45) is 16.8 Å². The van der Waals surface area contributed by atoms with Gasteiger partial charge in [-0.05, 0) is 50.8 Å². The summed E-state index contributed by atoms with van der Waals surface area (Å²) in [5, 5.41) is 11.7. The largest absolute Gasteiger partial charge is 0.409 e. The molecule has 1 aromatic heterocycles. The van der Waals surface area contributed by atoms with Gasteiger partial charge in [0.2, 0.25) is 0 Å². The number of likely N-dealkylation sites (tertiary alicyclic amines) is 1. The van der Waals surface area contributed by atoms with E-state index in [1.165, 1.54) is 11.3 Å². The van der Waals surface area contributed by atoms with Crippen LogP contribution in [0.4, 0.5) is 0 Å². The fourth-order valence-electron chi connectivity index (χ4n) is 2.12. The van der Waals surface area contributed by atoms with Crippen molar-refractivity contribution in [1.82, 2.24) is 4.90 Å². The summed E-state index contributed by atoms with van der Waals surface area (Å²) in [6, 6.07) is 1.83. The number of carbonyl (C=O) groups is 1. The highest BCUT2D eigenvalue weighted by atomic mass is 79.9. The Morgan fingerprint density at radius 1 is 1.47 bits per heavy atom. The van der Waals surface area contributed by atoms with Crippen LogP contribution in [0.5, 0.6) is 0 Å². The van der Waals surface area contributed by atoms with E-state index >= 15 is 0 Å². The number of amidine groups is 1. The molecule has 8 heteroatoms. The van der Waals surface area contributed by atoms with Crippen molar-refractivity contribution in [3.05, 3.63) is 19.2 Å². The molecule has 1 fully saturated rings. The molecular formula is C11H13Br2N3O2S.